The van der Waals surface area contributed by atoms with Crippen LogP contribution in [0.5, 0.6) is 0 Å². The number of nitrogens with one attached hydrogen (secondary N) is 2. The molecule has 0 unspecified atom stereocenters. The van der Waals surface area contributed by atoms with Crippen molar-refractivity contribution in [3.05, 3.63) is 76.3 Å². The third kappa shape index (κ3) is 4.83. The average molecular weight is 404 g/mol. The van der Waals surface area contributed by atoms with Crippen molar-refractivity contribution in [2.75, 3.05) is 5.32 Å². The molecule has 0 atom stereocenters. The SMILES string of the molecule is O=C(Cc1ccccc1)NCc1nonc1C(=NO)Nc1ccc(F)c(Cl)c1. The van der Waals surface area contributed by atoms with Crippen molar-refractivity contribution >= 4 is 29.0 Å². The first kappa shape index (κ1) is 19.3. The number of hydrogen-bond acceptors (Lipinski definition) is 6. The van der Waals surface area contributed by atoms with Gasteiger partial charge in [-0.25, -0.2) is 9.02 Å². The number of oxime groups is 1. The number of carbonyl (C=O) groups is 1. The van der Waals surface area contributed by atoms with Crippen molar-refractivity contribution in [1.29, 1.82) is 0 Å². The number of hydrogen-bond donors (Lipinski definition) is 3. The Kier molecular flexibility index (Phi) is 6.18. The van der Waals surface area contributed by atoms with Gasteiger partial charge in [0.15, 0.2) is 5.69 Å². The molecule has 3 aromatic rings. The lowest BCUT2D eigenvalue weighted by Gasteiger charge is -2.08. The van der Waals surface area contributed by atoms with Crippen LogP contribution in [0.1, 0.15) is 17.0 Å². The van der Waals surface area contributed by atoms with Crippen molar-refractivity contribution in [2.24, 2.45) is 5.16 Å². The molecule has 0 radical (unpaired) electrons. The van der Waals surface area contributed by atoms with Crippen LogP contribution in [-0.4, -0.2) is 27.3 Å². The maximum atomic E-state index is 13.3. The average Bonchev–Trinajstić information content (AvgIpc) is 3.16. The van der Waals surface area contributed by atoms with Gasteiger partial charge >= 0.3 is 0 Å². The number of amides is 1. The van der Waals surface area contributed by atoms with Gasteiger partial charge in [-0.1, -0.05) is 52.2 Å². The minimum atomic E-state index is -0.584. The van der Waals surface area contributed by atoms with E-state index in [-0.39, 0.29) is 41.1 Å². The molecule has 0 aliphatic rings. The maximum Gasteiger partial charge on any atom is 0.224 e. The lowest BCUT2D eigenvalue weighted by atomic mass is 10.1. The summed E-state index contributed by atoms with van der Waals surface area (Å²) in [7, 11) is 0. The molecule has 0 aliphatic carbocycles. The van der Waals surface area contributed by atoms with Crippen LogP contribution >= 0.6 is 11.6 Å². The molecule has 10 heteroatoms. The fraction of sp³-hybridized carbons (Fsp3) is 0.111. The van der Waals surface area contributed by atoms with Crippen molar-refractivity contribution in [1.82, 2.24) is 15.6 Å². The molecule has 1 aromatic heterocycles. The molecule has 3 rings (SSSR count). The van der Waals surface area contributed by atoms with Gasteiger partial charge in [0.25, 0.3) is 0 Å². The molecule has 28 heavy (non-hydrogen) atoms. The maximum absolute atomic E-state index is 13.3. The first-order valence-corrected chi connectivity index (χ1v) is 8.51. The summed E-state index contributed by atoms with van der Waals surface area (Å²) in [4.78, 5) is 12.1. The highest BCUT2D eigenvalue weighted by molar-refractivity contribution is 6.31. The predicted octanol–water partition coefficient (Wildman–Crippen LogP) is 2.97. The Labute approximate surface area is 164 Å². The molecule has 0 fully saturated rings. The molecule has 0 bridgehead atoms. The van der Waals surface area contributed by atoms with Crippen molar-refractivity contribution in [3.63, 3.8) is 0 Å². The van der Waals surface area contributed by atoms with Crippen LogP contribution in [0.4, 0.5) is 10.1 Å². The lowest BCUT2D eigenvalue weighted by Crippen LogP contribution is -2.26. The van der Waals surface area contributed by atoms with E-state index in [0.29, 0.717) is 5.69 Å². The van der Waals surface area contributed by atoms with Gasteiger partial charge in [-0.15, -0.1) is 0 Å². The second kappa shape index (κ2) is 8.96. The molecule has 0 aliphatic heterocycles. The van der Waals surface area contributed by atoms with Crippen LogP contribution in [0.2, 0.25) is 5.02 Å². The summed E-state index contributed by atoms with van der Waals surface area (Å²) in [5.74, 6) is -0.906. The minimum absolute atomic E-state index is 0.00930. The second-order valence-corrected chi connectivity index (χ2v) is 6.11. The fourth-order valence-corrected chi connectivity index (χ4v) is 2.55. The third-order valence-corrected chi connectivity index (χ3v) is 4.01. The van der Waals surface area contributed by atoms with Crippen LogP contribution < -0.4 is 10.6 Å². The van der Waals surface area contributed by atoms with E-state index < -0.39 is 5.82 Å². The number of nitrogens with zero attached hydrogens (tertiary/aromatic N) is 3. The summed E-state index contributed by atoms with van der Waals surface area (Å²) in [6.07, 6.45) is 0.203. The van der Waals surface area contributed by atoms with Crippen LogP contribution in [0, 0.1) is 5.82 Å². The number of carbonyl (C=O) groups excluding carboxylic acids is 1. The molecule has 0 saturated carbocycles. The van der Waals surface area contributed by atoms with Gasteiger partial charge in [0, 0.05) is 5.69 Å². The third-order valence-electron chi connectivity index (χ3n) is 3.72. The van der Waals surface area contributed by atoms with E-state index >= 15 is 0 Å². The van der Waals surface area contributed by atoms with Gasteiger partial charge in [0.1, 0.15) is 11.5 Å². The highest BCUT2D eigenvalue weighted by atomic mass is 35.5. The number of halogens is 2. The number of aromatic nitrogens is 2. The van der Waals surface area contributed by atoms with Gasteiger partial charge in [-0.05, 0) is 28.9 Å². The monoisotopic (exact) mass is 403 g/mol. The van der Waals surface area contributed by atoms with E-state index in [9.17, 15) is 14.4 Å². The van der Waals surface area contributed by atoms with Gasteiger partial charge in [-0.2, -0.15) is 0 Å². The van der Waals surface area contributed by atoms with Crippen molar-refractivity contribution in [2.45, 2.75) is 13.0 Å². The largest absolute Gasteiger partial charge is 0.409 e. The number of anilines is 1. The molecular formula is C18H15ClFN5O3. The van der Waals surface area contributed by atoms with E-state index in [0.717, 1.165) is 11.6 Å². The van der Waals surface area contributed by atoms with Crippen LogP contribution in [0.15, 0.2) is 58.3 Å². The molecule has 0 spiro atoms. The Bertz CT molecular complexity index is 994. The van der Waals surface area contributed by atoms with Gasteiger partial charge in [-0.3, -0.25) is 4.79 Å². The van der Waals surface area contributed by atoms with Gasteiger partial charge in [0.2, 0.25) is 11.7 Å². The summed E-state index contributed by atoms with van der Waals surface area (Å²) in [5.41, 5.74) is 1.56. The highest BCUT2D eigenvalue weighted by Gasteiger charge is 2.18. The van der Waals surface area contributed by atoms with Crippen LogP contribution in [0.3, 0.4) is 0 Å². The van der Waals surface area contributed by atoms with Crippen LogP contribution in [0.25, 0.3) is 0 Å². The molecular weight excluding hydrogens is 389 g/mol. The Morgan fingerprint density at radius 3 is 2.71 bits per heavy atom. The molecule has 2 aromatic carbocycles. The number of benzene rings is 2. The summed E-state index contributed by atoms with van der Waals surface area (Å²) >= 11 is 5.74. The Hall–Kier alpha value is -3.46. The van der Waals surface area contributed by atoms with E-state index in [1.165, 1.54) is 12.1 Å². The summed E-state index contributed by atoms with van der Waals surface area (Å²) in [6, 6.07) is 13.1. The first-order chi connectivity index (χ1) is 13.6. The minimum Gasteiger partial charge on any atom is -0.409 e. The quantitative estimate of drug-likeness (QED) is 0.252. The van der Waals surface area contributed by atoms with Gasteiger partial charge in [0.05, 0.1) is 18.0 Å². The standard InChI is InChI=1S/C18H15ClFN5O3/c19-13-9-12(6-7-14(13)20)22-18(23-27)17-15(24-28-25-17)10-21-16(26)8-11-4-2-1-3-5-11/h1-7,9,27H,8,10H2,(H,21,26)(H,22,23). The molecule has 8 nitrogen and oxygen atoms in total. The molecule has 0 saturated heterocycles. The van der Waals surface area contributed by atoms with E-state index in [2.05, 4.69) is 26.1 Å². The number of amidine groups is 1. The normalized spacial score (nSPS) is 11.3. The summed E-state index contributed by atoms with van der Waals surface area (Å²) in [6.45, 7) is 0.00930. The summed E-state index contributed by atoms with van der Waals surface area (Å²) in [5, 5.41) is 25.2. The Balaban J connectivity index is 1.66. The lowest BCUT2D eigenvalue weighted by molar-refractivity contribution is -0.120. The van der Waals surface area contributed by atoms with Crippen molar-refractivity contribution < 1.29 is 19.0 Å². The molecule has 144 valence electrons. The zero-order valence-electron chi connectivity index (χ0n) is 14.4. The molecule has 1 heterocycles. The second-order valence-electron chi connectivity index (χ2n) is 5.70. The fourth-order valence-electron chi connectivity index (χ4n) is 2.37. The van der Waals surface area contributed by atoms with Crippen LogP contribution in [-0.2, 0) is 17.8 Å². The van der Waals surface area contributed by atoms with E-state index in [1.54, 1.807) is 0 Å². The predicted molar refractivity (Wildman–Crippen MR) is 99.6 cm³/mol. The zero-order chi connectivity index (χ0) is 19.9. The topological polar surface area (TPSA) is 113 Å². The first-order valence-electron chi connectivity index (χ1n) is 8.13. The molecule has 1 amide bonds. The Morgan fingerprint density at radius 2 is 2.00 bits per heavy atom. The van der Waals surface area contributed by atoms with E-state index in [1.807, 2.05) is 30.3 Å². The number of rotatable bonds is 6. The highest BCUT2D eigenvalue weighted by Crippen LogP contribution is 2.20. The van der Waals surface area contributed by atoms with Gasteiger partial charge < -0.3 is 15.8 Å². The molecule has 3 N–H and O–H groups in total. The smallest absolute Gasteiger partial charge is 0.224 e. The zero-order valence-corrected chi connectivity index (χ0v) is 15.2. The van der Waals surface area contributed by atoms with Crippen molar-refractivity contribution in [3.8, 4) is 0 Å². The summed E-state index contributed by atoms with van der Waals surface area (Å²) < 4.78 is 18.0. The van der Waals surface area contributed by atoms with E-state index in [4.69, 9.17) is 16.2 Å². The Morgan fingerprint density at radius 1 is 1.21 bits per heavy atom.